The number of methoxy groups -OCH3 is 1. The second kappa shape index (κ2) is 3.18. The van der Waals surface area contributed by atoms with Gasteiger partial charge in [-0.25, -0.2) is 4.98 Å². The summed E-state index contributed by atoms with van der Waals surface area (Å²) < 4.78 is 6.05. The van der Waals surface area contributed by atoms with Gasteiger partial charge >= 0.3 is 0 Å². The van der Waals surface area contributed by atoms with Crippen LogP contribution in [0, 0.1) is 10.5 Å². The Morgan fingerprint density at radius 1 is 1.50 bits per heavy atom. The standard InChI is InChI=1S/C7H8INO/c1-5-3-4-6(8)7(9-5)10-2/h3-4H,1-2H3. The Kier molecular flexibility index (Phi) is 2.48. The van der Waals surface area contributed by atoms with Crippen molar-refractivity contribution in [2.75, 3.05) is 7.11 Å². The van der Waals surface area contributed by atoms with Crippen molar-refractivity contribution in [2.45, 2.75) is 6.92 Å². The van der Waals surface area contributed by atoms with E-state index in [4.69, 9.17) is 4.74 Å². The molecule has 1 rings (SSSR count). The number of halogens is 1. The number of hydrogen-bond acceptors (Lipinski definition) is 2. The van der Waals surface area contributed by atoms with E-state index < -0.39 is 0 Å². The lowest BCUT2D eigenvalue weighted by Crippen LogP contribution is -1.91. The molecule has 0 atom stereocenters. The van der Waals surface area contributed by atoms with Crippen LogP contribution in [0.25, 0.3) is 0 Å². The highest BCUT2D eigenvalue weighted by Gasteiger charge is 1.98. The Morgan fingerprint density at radius 3 is 2.70 bits per heavy atom. The van der Waals surface area contributed by atoms with Crippen molar-refractivity contribution in [1.82, 2.24) is 4.98 Å². The molecule has 3 heteroatoms. The van der Waals surface area contributed by atoms with Crippen molar-refractivity contribution < 1.29 is 4.74 Å². The molecule has 0 aliphatic heterocycles. The molecular weight excluding hydrogens is 241 g/mol. The second-order valence-corrected chi connectivity index (χ2v) is 3.11. The minimum absolute atomic E-state index is 0.709. The van der Waals surface area contributed by atoms with Crippen LogP contribution < -0.4 is 4.74 Å². The van der Waals surface area contributed by atoms with Gasteiger partial charge in [-0.1, -0.05) is 0 Å². The maximum absolute atomic E-state index is 5.01. The monoisotopic (exact) mass is 249 g/mol. The van der Waals surface area contributed by atoms with Crippen LogP contribution in [0.1, 0.15) is 5.69 Å². The molecule has 0 aliphatic rings. The average molecular weight is 249 g/mol. The molecule has 0 saturated heterocycles. The molecule has 0 amide bonds. The number of nitrogens with zero attached hydrogens (tertiary/aromatic N) is 1. The summed E-state index contributed by atoms with van der Waals surface area (Å²) >= 11 is 2.19. The van der Waals surface area contributed by atoms with Gasteiger partial charge in [0.05, 0.1) is 10.7 Å². The molecule has 0 fully saturated rings. The summed E-state index contributed by atoms with van der Waals surface area (Å²) in [6.45, 7) is 1.94. The zero-order chi connectivity index (χ0) is 7.56. The molecule has 1 heterocycles. The van der Waals surface area contributed by atoms with Crippen molar-refractivity contribution in [3.8, 4) is 5.88 Å². The van der Waals surface area contributed by atoms with E-state index in [-0.39, 0.29) is 0 Å². The van der Waals surface area contributed by atoms with E-state index >= 15 is 0 Å². The van der Waals surface area contributed by atoms with Gasteiger partial charge in [-0.2, -0.15) is 0 Å². The molecule has 0 bridgehead atoms. The van der Waals surface area contributed by atoms with E-state index in [1.165, 1.54) is 0 Å². The van der Waals surface area contributed by atoms with Crippen LogP contribution in [0.2, 0.25) is 0 Å². The van der Waals surface area contributed by atoms with E-state index in [9.17, 15) is 0 Å². The fourth-order valence-corrected chi connectivity index (χ4v) is 1.18. The number of aryl methyl sites for hydroxylation is 1. The first-order valence-corrected chi connectivity index (χ1v) is 3.99. The summed E-state index contributed by atoms with van der Waals surface area (Å²) in [7, 11) is 1.63. The van der Waals surface area contributed by atoms with Crippen molar-refractivity contribution in [3.63, 3.8) is 0 Å². The molecule has 0 spiro atoms. The maximum Gasteiger partial charge on any atom is 0.227 e. The van der Waals surface area contributed by atoms with Gasteiger partial charge in [0.2, 0.25) is 5.88 Å². The Balaban J connectivity index is 3.09. The lowest BCUT2D eigenvalue weighted by molar-refractivity contribution is 0.393. The van der Waals surface area contributed by atoms with Crippen LogP contribution in [-0.2, 0) is 0 Å². The Labute approximate surface area is 73.8 Å². The van der Waals surface area contributed by atoms with Crippen molar-refractivity contribution in [1.29, 1.82) is 0 Å². The minimum atomic E-state index is 0.709. The number of hydrogen-bond donors (Lipinski definition) is 0. The van der Waals surface area contributed by atoms with Crippen LogP contribution in [-0.4, -0.2) is 12.1 Å². The number of rotatable bonds is 1. The SMILES string of the molecule is COc1nc(C)ccc1I. The summed E-state index contributed by atoms with van der Waals surface area (Å²) in [5, 5.41) is 0. The summed E-state index contributed by atoms with van der Waals surface area (Å²) in [6, 6.07) is 3.95. The first kappa shape index (κ1) is 7.78. The Hall–Kier alpha value is -0.320. The van der Waals surface area contributed by atoms with E-state index in [0.717, 1.165) is 9.26 Å². The number of ether oxygens (including phenoxy) is 1. The summed E-state index contributed by atoms with van der Waals surface area (Å²) in [5.41, 5.74) is 0.984. The largest absolute Gasteiger partial charge is 0.480 e. The van der Waals surface area contributed by atoms with Crippen LogP contribution in [0.4, 0.5) is 0 Å². The zero-order valence-electron chi connectivity index (χ0n) is 5.89. The first-order chi connectivity index (χ1) is 4.74. The summed E-state index contributed by atoms with van der Waals surface area (Å²) in [6.07, 6.45) is 0. The van der Waals surface area contributed by atoms with Gasteiger partial charge in [0.25, 0.3) is 0 Å². The maximum atomic E-state index is 5.01. The van der Waals surface area contributed by atoms with Gasteiger partial charge in [0, 0.05) is 5.69 Å². The third-order valence-electron chi connectivity index (χ3n) is 1.15. The second-order valence-electron chi connectivity index (χ2n) is 1.94. The fourth-order valence-electron chi connectivity index (χ4n) is 0.659. The van der Waals surface area contributed by atoms with Crippen LogP contribution in [0.15, 0.2) is 12.1 Å². The first-order valence-electron chi connectivity index (χ1n) is 2.91. The number of pyridine rings is 1. The molecule has 1 aromatic heterocycles. The van der Waals surface area contributed by atoms with E-state index in [2.05, 4.69) is 27.6 Å². The van der Waals surface area contributed by atoms with Gasteiger partial charge in [-0.15, -0.1) is 0 Å². The van der Waals surface area contributed by atoms with Gasteiger partial charge < -0.3 is 4.74 Å². The topological polar surface area (TPSA) is 22.1 Å². The molecule has 0 saturated carbocycles. The molecule has 2 nitrogen and oxygen atoms in total. The van der Waals surface area contributed by atoms with Crippen LogP contribution in [0.3, 0.4) is 0 Å². The van der Waals surface area contributed by atoms with E-state index in [1.807, 2.05) is 19.1 Å². The number of aromatic nitrogens is 1. The third kappa shape index (κ3) is 1.59. The minimum Gasteiger partial charge on any atom is -0.480 e. The molecule has 0 aromatic carbocycles. The lowest BCUT2D eigenvalue weighted by atomic mass is 10.4. The highest BCUT2D eigenvalue weighted by Crippen LogP contribution is 2.16. The Bertz CT molecular complexity index is 237. The zero-order valence-corrected chi connectivity index (χ0v) is 8.05. The van der Waals surface area contributed by atoms with Gasteiger partial charge in [-0.05, 0) is 41.6 Å². The highest BCUT2D eigenvalue weighted by molar-refractivity contribution is 14.1. The third-order valence-corrected chi connectivity index (χ3v) is 1.97. The van der Waals surface area contributed by atoms with Gasteiger partial charge in [0.15, 0.2) is 0 Å². The summed E-state index contributed by atoms with van der Waals surface area (Å²) in [4.78, 5) is 4.16. The molecule has 0 unspecified atom stereocenters. The van der Waals surface area contributed by atoms with Crippen molar-refractivity contribution in [3.05, 3.63) is 21.4 Å². The molecule has 0 radical (unpaired) electrons. The highest BCUT2D eigenvalue weighted by atomic mass is 127. The smallest absolute Gasteiger partial charge is 0.227 e. The summed E-state index contributed by atoms with van der Waals surface area (Å²) in [5.74, 6) is 0.709. The normalized spacial score (nSPS) is 9.50. The Morgan fingerprint density at radius 2 is 2.20 bits per heavy atom. The predicted octanol–water partition coefficient (Wildman–Crippen LogP) is 2.00. The molecule has 10 heavy (non-hydrogen) atoms. The molecule has 0 aliphatic carbocycles. The molecule has 54 valence electrons. The van der Waals surface area contributed by atoms with E-state index in [0.29, 0.717) is 5.88 Å². The quantitative estimate of drug-likeness (QED) is 0.710. The van der Waals surface area contributed by atoms with Crippen LogP contribution in [0.5, 0.6) is 5.88 Å². The van der Waals surface area contributed by atoms with Gasteiger partial charge in [0.1, 0.15) is 0 Å². The molecule has 0 N–H and O–H groups in total. The predicted molar refractivity (Wildman–Crippen MR) is 48.2 cm³/mol. The average Bonchev–Trinajstić information content (AvgIpc) is 1.94. The van der Waals surface area contributed by atoms with E-state index in [1.54, 1.807) is 7.11 Å². The lowest BCUT2D eigenvalue weighted by Gasteiger charge is -2.00. The van der Waals surface area contributed by atoms with Crippen LogP contribution >= 0.6 is 22.6 Å². The molecular formula is C7H8INO. The molecule has 1 aromatic rings. The fraction of sp³-hybridized carbons (Fsp3) is 0.286. The van der Waals surface area contributed by atoms with Crippen molar-refractivity contribution in [2.24, 2.45) is 0 Å². The van der Waals surface area contributed by atoms with Crippen molar-refractivity contribution >= 4 is 22.6 Å². The van der Waals surface area contributed by atoms with Gasteiger partial charge in [-0.3, -0.25) is 0 Å².